The molecule has 8 heteroatoms. The van der Waals surface area contributed by atoms with Gasteiger partial charge in [-0.05, 0) is 37.5 Å². The molecule has 0 unspecified atom stereocenters. The predicted octanol–water partition coefficient (Wildman–Crippen LogP) is 3.53. The molecule has 0 spiro atoms. The van der Waals surface area contributed by atoms with Crippen LogP contribution in [0.15, 0.2) is 18.2 Å². The number of rotatable bonds is 8. The van der Waals surface area contributed by atoms with Crippen molar-refractivity contribution in [2.75, 3.05) is 13.1 Å². The number of nitrogens with zero attached hydrogens (tertiary/aromatic N) is 3. The van der Waals surface area contributed by atoms with E-state index < -0.39 is 5.92 Å². The Morgan fingerprint density at radius 1 is 1.56 bits per heavy atom. The summed E-state index contributed by atoms with van der Waals surface area (Å²) in [6.07, 6.45) is 4.52. The van der Waals surface area contributed by atoms with E-state index in [9.17, 15) is 14.8 Å². The number of benzene rings is 1. The van der Waals surface area contributed by atoms with Gasteiger partial charge >= 0.3 is 0 Å². The molecular formula is C19H25ClN4O3. The molecule has 3 rings (SSSR count). The van der Waals surface area contributed by atoms with Crippen LogP contribution in [-0.2, 0) is 9.59 Å². The highest BCUT2D eigenvalue weighted by Gasteiger charge is 2.35. The van der Waals surface area contributed by atoms with Gasteiger partial charge in [0.25, 0.3) is 0 Å². The lowest BCUT2D eigenvalue weighted by molar-refractivity contribution is -0.157. The van der Waals surface area contributed by atoms with Crippen LogP contribution in [0.25, 0.3) is 11.0 Å². The van der Waals surface area contributed by atoms with Gasteiger partial charge in [0, 0.05) is 11.6 Å². The number of nitrogens with one attached hydrogen (secondary N) is 1. The summed E-state index contributed by atoms with van der Waals surface area (Å²) in [5.41, 5.74) is 1.67. The van der Waals surface area contributed by atoms with E-state index in [1.807, 2.05) is 11.0 Å². The van der Waals surface area contributed by atoms with Gasteiger partial charge in [0.05, 0.1) is 29.5 Å². The van der Waals surface area contributed by atoms with Gasteiger partial charge in [-0.2, -0.15) is 0 Å². The maximum absolute atomic E-state index is 13.2. The molecule has 1 aromatic carbocycles. The lowest BCUT2D eigenvalue weighted by atomic mass is 9.99. The van der Waals surface area contributed by atoms with E-state index in [1.54, 1.807) is 12.1 Å². The van der Waals surface area contributed by atoms with E-state index in [1.165, 1.54) is 0 Å². The Hall–Kier alpha value is -2.12. The number of H-pyrrole nitrogens is 1. The van der Waals surface area contributed by atoms with E-state index in [-0.39, 0.29) is 18.5 Å². The van der Waals surface area contributed by atoms with Crippen LogP contribution in [-0.4, -0.2) is 50.5 Å². The molecule has 27 heavy (non-hydrogen) atoms. The SMILES string of the molecule is CCCC[C@H](CN(O)C=O)C(=O)N1CCC[C@H]1c1nc2cc(Cl)ccc2[nH]1. The fourth-order valence-corrected chi connectivity index (χ4v) is 3.88. The fraction of sp³-hybridized carbons (Fsp3) is 0.526. The number of halogens is 1. The van der Waals surface area contributed by atoms with Crippen molar-refractivity contribution in [3.05, 3.63) is 29.0 Å². The second kappa shape index (κ2) is 8.71. The molecule has 2 heterocycles. The minimum absolute atomic E-state index is 0.0152. The summed E-state index contributed by atoms with van der Waals surface area (Å²) >= 11 is 6.04. The summed E-state index contributed by atoms with van der Waals surface area (Å²) < 4.78 is 0. The molecule has 1 fully saturated rings. The van der Waals surface area contributed by atoms with Gasteiger partial charge in [-0.3, -0.25) is 14.8 Å². The van der Waals surface area contributed by atoms with Crippen molar-refractivity contribution in [1.29, 1.82) is 0 Å². The Morgan fingerprint density at radius 3 is 3.11 bits per heavy atom. The Kier molecular flexibility index (Phi) is 6.34. The van der Waals surface area contributed by atoms with Crippen molar-refractivity contribution in [3.8, 4) is 0 Å². The fourth-order valence-electron chi connectivity index (χ4n) is 3.72. The van der Waals surface area contributed by atoms with Gasteiger partial charge in [-0.15, -0.1) is 0 Å². The zero-order valence-corrected chi connectivity index (χ0v) is 16.2. The molecule has 0 radical (unpaired) electrons. The van der Waals surface area contributed by atoms with Crippen LogP contribution in [0.1, 0.15) is 50.9 Å². The molecule has 0 aliphatic carbocycles. The Bertz CT molecular complexity index is 809. The predicted molar refractivity (Wildman–Crippen MR) is 102 cm³/mol. The van der Waals surface area contributed by atoms with Crippen LogP contribution in [0.2, 0.25) is 5.02 Å². The van der Waals surface area contributed by atoms with Crippen LogP contribution in [0.4, 0.5) is 0 Å². The molecule has 1 aliphatic rings. The van der Waals surface area contributed by atoms with E-state index in [2.05, 4.69) is 16.9 Å². The van der Waals surface area contributed by atoms with Crippen LogP contribution in [0, 0.1) is 5.92 Å². The number of aromatic amines is 1. The van der Waals surface area contributed by atoms with Crippen molar-refractivity contribution in [1.82, 2.24) is 19.9 Å². The quantitative estimate of drug-likeness (QED) is 0.408. The van der Waals surface area contributed by atoms with Gasteiger partial charge in [-0.1, -0.05) is 31.4 Å². The van der Waals surface area contributed by atoms with Gasteiger partial charge < -0.3 is 9.88 Å². The molecule has 2 aromatic rings. The number of hydrogen-bond acceptors (Lipinski definition) is 4. The molecule has 2 atom stereocenters. The van der Waals surface area contributed by atoms with Crippen LogP contribution < -0.4 is 0 Å². The van der Waals surface area contributed by atoms with Crippen LogP contribution >= 0.6 is 11.6 Å². The minimum atomic E-state index is -0.417. The number of carbonyl (C=O) groups is 2. The Labute approximate surface area is 163 Å². The molecule has 1 saturated heterocycles. The molecule has 2 N–H and O–H groups in total. The van der Waals surface area contributed by atoms with E-state index in [0.717, 1.165) is 42.5 Å². The van der Waals surface area contributed by atoms with Gasteiger partial charge in [-0.25, -0.2) is 10.0 Å². The van der Waals surface area contributed by atoms with E-state index >= 15 is 0 Å². The first kappa shape index (κ1) is 19.6. The highest BCUT2D eigenvalue weighted by molar-refractivity contribution is 6.31. The van der Waals surface area contributed by atoms with Gasteiger partial charge in [0.2, 0.25) is 12.3 Å². The summed E-state index contributed by atoms with van der Waals surface area (Å²) in [6, 6.07) is 5.36. The monoisotopic (exact) mass is 392 g/mol. The first-order valence-corrected chi connectivity index (χ1v) is 9.77. The molecular weight excluding hydrogens is 368 g/mol. The largest absolute Gasteiger partial charge is 0.340 e. The maximum Gasteiger partial charge on any atom is 0.233 e. The first-order chi connectivity index (χ1) is 13.0. The van der Waals surface area contributed by atoms with Crippen molar-refractivity contribution >= 4 is 35.0 Å². The third-order valence-corrected chi connectivity index (χ3v) is 5.33. The number of aromatic nitrogens is 2. The average Bonchev–Trinajstić information content (AvgIpc) is 3.30. The summed E-state index contributed by atoms with van der Waals surface area (Å²) in [6.45, 7) is 2.72. The van der Waals surface area contributed by atoms with Gasteiger partial charge in [0.15, 0.2) is 0 Å². The normalized spacial score (nSPS) is 18.0. The lowest BCUT2D eigenvalue weighted by Crippen LogP contribution is -2.40. The molecule has 1 aliphatic heterocycles. The zero-order valence-electron chi connectivity index (χ0n) is 15.4. The van der Waals surface area contributed by atoms with Crippen LogP contribution in [0.3, 0.4) is 0 Å². The molecule has 2 amide bonds. The number of hydrogen-bond donors (Lipinski definition) is 2. The highest BCUT2D eigenvalue weighted by atomic mass is 35.5. The summed E-state index contributed by atoms with van der Waals surface area (Å²) in [4.78, 5) is 33.7. The van der Waals surface area contributed by atoms with Crippen molar-refractivity contribution in [3.63, 3.8) is 0 Å². The molecule has 146 valence electrons. The second-order valence-electron chi connectivity index (χ2n) is 7.04. The molecule has 0 saturated carbocycles. The minimum Gasteiger partial charge on any atom is -0.340 e. The summed E-state index contributed by atoms with van der Waals surface area (Å²) in [7, 11) is 0. The highest BCUT2D eigenvalue weighted by Crippen LogP contribution is 2.33. The summed E-state index contributed by atoms with van der Waals surface area (Å²) in [5.74, 6) is 0.300. The lowest BCUT2D eigenvalue weighted by Gasteiger charge is -2.29. The number of hydroxylamine groups is 2. The summed E-state index contributed by atoms with van der Waals surface area (Å²) in [5, 5.41) is 10.8. The average molecular weight is 393 g/mol. The van der Waals surface area contributed by atoms with Crippen LogP contribution in [0.5, 0.6) is 0 Å². The van der Waals surface area contributed by atoms with Crippen molar-refractivity contribution < 1.29 is 14.8 Å². The van der Waals surface area contributed by atoms with E-state index in [4.69, 9.17) is 11.6 Å². The Balaban J connectivity index is 1.81. The number of likely N-dealkylation sites (tertiary alicyclic amines) is 1. The third-order valence-electron chi connectivity index (χ3n) is 5.10. The standard InChI is InChI=1S/C19H25ClN4O3/c1-2-3-5-13(11-23(27)12-25)19(26)24-9-4-6-17(24)18-21-15-8-7-14(20)10-16(15)22-18/h7-8,10,12-13,17,27H,2-6,9,11H2,1H3,(H,21,22)/t13-,17+/m1/s1. The Morgan fingerprint density at radius 2 is 2.37 bits per heavy atom. The number of amides is 2. The number of unbranched alkanes of at least 4 members (excludes halogenated alkanes) is 1. The molecule has 1 aromatic heterocycles. The topological polar surface area (TPSA) is 89.5 Å². The zero-order chi connectivity index (χ0) is 19.4. The second-order valence-corrected chi connectivity index (χ2v) is 7.48. The number of imidazole rings is 1. The first-order valence-electron chi connectivity index (χ1n) is 9.40. The molecule has 0 bridgehead atoms. The maximum atomic E-state index is 13.2. The number of fused-ring (bicyclic) bond motifs is 1. The number of carbonyl (C=O) groups excluding carboxylic acids is 2. The molecule has 7 nitrogen and oxygen atoms in total. The third kappa shape index (κ3) is 4.42. The smallest absolute Gasteiger partial charge is 0.233 e. The van der Waals surface area contributed by atoms with Crippen molar-refractivity contribution in [2.24, 2.45) is 5.92 Å². The van der Waals surface area contributed by atoms with Crippen molar-refractivity contribution in [2.45, 2.75) is 45.1 Å². The van der Waals surface area contributed by atoms with E-state index in [0.29, 0.717) is 29.5 Å². The van der Waals surface area contributed by atoms with Gasteiger partial charge in [0.1, 0.15) is 5.82 Å².